The Balaban J connectivity index is 2.40. The van der Waals surface area contributed by atoms with Gasteiger partial charge >= 0.3 is 0 Å². The number of nitrogens with two attached hydrogens (primary N) is 1. The fraction of sp³-hybridized carbons (Fsp3) is 0.286. The molecule has 4 N–H and O–H groups in total. The average molecular weight is 215 g/mol. The summed E-state index contributed by atoms with van der Waals surface area (Å²) in [7, 11) is 0. The van der Waals surface area contributed by atoms with Crippen molar-refractivity contribution < 1.29 is 14.7 Å². The first-order valence-corrected chi connectivity index (χ1v) is 4.64. The lowest BCUT2D eigenvalue weighted by Gasteiger charge is -2.04. The van der Waals surface area contributed by atoms with Crippen molar-refractivity contribution >= 4 is 28.3 Å². The van der Waals surface area contributed by atoms with Crippen LogP contribution < -0.4 is 11.1 Å². The van der Waals surface area contributed by atoms with Crippen LogP contribution in [0.5, 0.6) is 0 Å². The maximum atomic E-state index is 11.1. The topological polar surface area (TPSA) is 105 Å². The number of nitrogens with one attached hydrogen (secondary N) is 1. The normalized spacial score (nSPS) is 12.1. The van der Waals surface area contributed by atoms with Crippen molar-refractivity contribution in [2.24, 2.45) is 5.73 Å². The van der Waals surface area contributed by atoms with Crippen LogP contribution in [0.15, 0.2) is 11.6 Å². The Morgan fingerprint density at radius 2 is 2.43 bits per heavy atom. The number of carbonyl (C=O) groups is 2. The van der Waals surface area contributed by atoms with E-state index in [-0.39, 0.29) is 6.42 Å². The Kier molecular flexibility index (Phi) is 3.55. The number of aromatic nitrogens is 1. The van der Waals surface area contributed by atoms with E-state index in [1.54, 1.807) is 5.38 Å². The minimum Gasteiger partial charge on any atom is -0.383 e. The lowest BCUT2D eigenvalue weighted by Crippen LogP contribution is -2.32. The number of hydrogen-bond donors (Lipinski definition) is 3. The van der Waals surface area contributed by atoms with Crippen LogP contribution in [0.3, 0.4) is 0 Å². The van der Waals surface area contributed by atoms with E-state index in [2.05, 4.69) is 10.3 Å². The Bertz CT molecular complexity index is 325. The SMILES string of the molecule is NC(=O)[C@@H](O)CC(=O)Nc1nccs1. The molecule has 0 saturated heterocycles. The number of aliphatic hydroxyl groups is 1. The van der Waals surface area contributed by atoms with Gasteiger partial charge < -0.3 is 16.2 Å². The molecule has 0 aliphatic rings. The number of carbonyl (C=O) groups excluding carboxylic acids is 2. The first-order valence-electron chi connectivity index (χ1n) is 3.76. The van der Waals surface area contributed by atoms with Gasteiger partial charge in [0.2, 0.25) is 11.8 Å². The van der Waals surface area contributed by atoms with Crippen molar-refractivity contribution in [2.75, 3.05) is 5.32 Å². The Morgan fingerprint density at radius 1 is 1.71 bits per heavy atom. The summed E-state index contributed by atoms with van der Waals surface area (Å²) < 4.78 is 0. The zero-order valence-electron chi connectivity index (χ0n) is 7.14. The molecule has 1 rings (SSSR count). The molecule has 0 aliphatic carbocycles. The second-order valence-electron chi connectivity index (χ2n) is 2.51. The van der Waals surface area contributed by atoms with Gasteiger partial charge in [0.1, 0.15) is 6.10 Å². The third kappa shape index (κ3) is 3.11. The van der Waals surface area contributed by atoms with Crippen LogP contribution >= 0.6 is 11.3 Å². The van der Waals surface area contributed by atoms with Crippen LogP contribution in [0.1, 0.15) is 6.42 Å². The molecule has 2 amide bonds. The number of amides is 2. The number of aliphatic hydroxyl groups excluding tert-OH is 1. The van der Waals surface area contributed by atoms with Crippen LogP contribution in [0.2, 0.25) is 0 Å². The van der Waals surface area contributed by atoms with E-state index in [1.165, 1.54) is 17.5 Å². The highest BCUT2D eigenvalue weighted by atomic mass is 32.1. The molecular weight excluding hydrogens is 206 g/mol. The number of hydrogen-bond acceptors (Lipinski definition) is 5. The highest BCUT2D eigenvalue weighted by Crippen LogP contribution is 2.10. The highest BCUT2D eigenvalue weighted by molar-refractivity contribution is 7.13. The molecule has 0 bridgehead atoms. The van der Waals surface area contributed by atoms with Gasteiger partial charge in [0.25, 0.3) is 0 Å². The van der Waals surface area contributed by atoms with Crippen LogP contribution in [0.25, 0.3) is 0 Å². The van der Waals surface area contributed by atoms with Gasteiger partial charge in [-0.15, -0.1) is 11.3 Å². The molecule has 1 aromatic heterocycles. The summed E-state index contributed by atoms with van der Waals surface area (Å²) in [6, 6.07) is 0. The number of anilines is 1. The molecule has 0 radical (unpaired) electrons. The maximum Gasteiger partial charge on any atom is 0.246 e. The second kappa shape index (κ2) is 4.68. The first-order chi connectivity index (χ1) is 6.59. The predicted molar refractivity (Wildman–Crippen MR) is 50.6 cm³/mol. The van der Waals surface area contributed by atoms with E-state index in [4.69, 9.17) is 10.8 Å². The van der Waals surface area contributed by atoms with Crippen LogP contribution in [0, 0.1) is 0 Å². The minimum absolute atomic E-state index is 0.352. The second-order valence-corrected chi connectivity index (χ2v) is 3.40. The molecule has 0 saturated carbocycles. The number of rotatable bonds is 4. The zero-order chi connectivity index (χ0) is 10.6. The van der Waals surface area contributed by atoms with E-state index in [0.29, 0.717) is 5.13 Å². The van der Waals surface area contributed by atoms with Crippen molar-refractivity contribution in [3.05, 3.63) is 11.6 Å². The molecule has 1 atom stereocenters. The number of primary amides is 1. The third-order valence-electron chi connectivity index (χ3n) is 1.39. The van der Waals surface area contributed by atoms with Gasteiger partial charge in [-0.05, 0) is 0 Å². The molecule has 0 fully saturated rings. The van der Waals surface area contributed by atoms with Crippen LogP contribution in [0.4, 0.5) is 5.13 Å². The van der Waals surface area contributed by atoms with E-state index in [1.807, 2.05) is 0 Å². The minimum atomic E-state index is -1.45. The Morgan fingerprint density at radius 3 is 2.93 bits per heavy atom. The summed E-state index contributed by atoms with van der Waals surface area (Å²) in [6.45, 7) is 0. The predicted octanol–water partition coefficient (Wildman–Crippen LogP) is -0.682. The van der Waals surface area contributed by atoms with Crippen molar-refractivity contribution in [3.63, 3.8) is 0 Å². The standard InChI is InChI=1S/C7H9N3O3S/c8-6(13)4(11)3-5(12)10-7-9-1-2-14-7/h1-2,4,11H,3H2,(H2,8,13)(H,9,10,12)/t4-/m0/s1. The third-order valence-corrected chi connectivity index (χ3v) is 2.07. The van der Waals surface area contributed by atoms with Gasteiger partial charge in [0.15, 0.2) is 5.13 Å². The first kappa shape index (κ1) is 10.6. The quantitative estimate of drug-likeness (QED) is 0.618. The van der Waals surface area contributed by atoms with Gasteiger partial charge in [-0.25, -0.2) is 4.98 Å². The molecular formula is C7H9N3O3S. The van der Waals surface area contributed by atoms with E-state index in [9.17, 15) is 9.59 Å². The van der Waals surface area contributed by atoms with Crippen molar-refractivity contribution in [2.45, 2.75) is 12.5 Å². The smallest absolute Gasteiger partial charge is 0.246 e. The number of nitrogens with zero attached hydrogens (tertiary/aromatic N) is 1. The summed E-state index contributed by atoms with van der Waals surface area (Å²) in [6.07, 6.45) is -0.269. The zero-order valence-corrected chi connectivity index (χ0v) is 7.95. The Hall–Kier alpha value is -1.47. The van der Waals surface area contributed by atoms with Crippen molar-refractivity contribution in [3.8, 4) is 0 Å². The van der Waals surface area contributed by atoms with Crippen LogP contribution in [-0.4, -0.2) is 28.0 Å². The summed E-state index contributed by atoms with van der Waals surface area (Å²) in [5.74, 6) is -1.41. The molecule has 7 heteroatoms. The monoisotopic (exact) mass is 215 g/mol. The summed E-state index contributed by atoms with van der Waals surface area (Å²) in [4.78, 5) is 25.3. The summed E-state index contributed by atoms with van der Waals surface area (Å²) >= 11 is 1.25. The fourth-order valence-corrected chi connectivity index (χ4v) is 1.28. The molecule has 1 aromatic rings. The average Bonchev–Trinajstić information content (AvgIpc) is 2.56. The summed E-state index contributed by atoms with van der Waals surface area (Å²) in [5, 5.41) is 13.5. The molecule has 0 spiro atoms. The molecule has 1 heterocycles. The van der Waals surface area contributed by atoms with E-state index >= 15 is 0 Å². The van der Waals surface area contributed by atoms with Crippen molar-refractivity contribution in [1.29, 1.82) is 0 Å². The molecule has 0 aliphatic heterocycles. The van der Waals surface area contributed by atoms with E-state index in [0.717, 1.165) is 0 Å². The van der Waals surface area contributed by atoms with Gasteiger partial charge in [0, 0.05) is 11.6 Å². The van der Waals surface area contributed by atoms with Crippen LogP contribution in [-0.2, 0) is 9.59 Å². The summed E-state index contributed by atoms with van der Waals surface area (Å²) in [5.41, 5.74) is 4.78. The lowest BCUT2D eigenvalue weighted by molar-refractivity contribution is -0.130. The fourth-order valence-electron chi connectivity index (χ4n) is 0.732. The molecule has 0 aromatic carbocycles. The van der Waals surface area contributed by atoms with Crippen molar-refractivity contribution in [1.82, 2.24) is 4.98 Å². The maximum absolute atomic E-state index is 11.1. The highest BCUT2D eigenvalue weighted by Gasteiger charge is 2.16. The van der Waals surface area contributed by atoms with Gasteiger partial charge in [-0.3, -0.25) is 9.59 Å². The number of thiazole rings is 1. The molecule has 0 unspecified atom stereocenters. The Labute approximate surface area is 83.8 Å². The van der Waals surface area contributed by atoms with E-state index < -0.39 is 17.9 Å². The molecule has 14 heavy (non-hydrogen) atoms. The molecule has 6 nitrogen and oxygen atoms in total. The van der Waals surface area contributed by atoms with Gasteiger partial charge in [-0.2, -0.15) is 0 Å². The molecule has 76 valence electrons. The largest absolute Gasteiger partial charge is 0.383 e. The van der Waals surface area contributed by atoms with Gasteiger partial charge in [0.05, 0.1) is 6.42 Å². The lowest BCUT2D eigenvalue weighted by atomic mass is 10.2. The van der Waals surface area contributed by atoms with Gasteiger partial charge in [-0.1, -0.05) is 0 Å².